The molecule has 0 saturated carbocycles. The Morgan fingerprint density at radius 1 is 0.861 bits per heavy atom. The zero-order valence-electron chi connectivity index (χ0n) is 20.0. The summed E-state index contributed by atoms with van der Waals surface area (Å²) in [6.45, 7) is 0.113. The van der Waals surface area contributed by atoms with Gasteiger partial charge in [-0.1, -0.05) is 17.7 Å². The third kappa shape index (κ3) is 7.19. The van der Waals surface area contributed by atoms with E-state index in [0.717, 1.165) is 5.56 Å². The predicted molar refractivity (Wildman–Crippen MR) is 137 cm³/mol. The Labute approximate surface area is 215 Å². The Bertz CT molecular complexity index is 1300. The number of carbonyl (C=O) groups excluding carboxylic acids is 1. The summed E-state index contributed by atoms with van der Waals surface area (Å²) < 4.78 is 48.9. The van der Waals surface area contributed by atoms with Crippen molar-refractivity contribution in [3.63, 3.8) is 0 Å². The zero-order valence-corrected chi connectivity index (χ0v) is 21.6. The number of carbonyl (C=O) groups is 1. The lowest BCUT2D eigenvalue weighted by Crippen LogP contribution is -2.30. The molecule has 0 aliphatic rings. The van der Waals surface area contributed by atoms with Crippen LogP contribution in [0.25, 0.3) is 0 Å². The van der Waals surface area contributed by atoms with Crippen LogP contribution in [0.4, 0.5) is 5.69 Å². The molecule has 0 aromatic heterocycles. The van der Waals surface area contributed by atoms with Gasteiger partial charge in [0.05, 0.1) is 31.2 Å². The Morgan fingerprint density at radius 3 is 2.19 bits per heavy atom. The molecule has 0 heterocycles. The maximum atomic E-state index is 12.7. The van der Waals surface area contributed by atoms with Crippen LogP contribution in [0.1, 0.15) is 5.56 Å². The largest absolute Gasteiger partial charge is 0.497 e. The van der Waals surface area contributed by atoms with Gasteiger partial charge in [-0.15, -0.1) is 0 Å². The van der Waals surface area contributed by atoms with Crippen molar-refractivity contribution in [3.05, 3.63) is 71.2 Å². The van der Waals surface area contributed by atoms with Crippen molar-refractivity contribution in [2.75, 3.05) is 39.2 Å². The minimum atomic E-state index is -3.88. The fourth-order valence-corrected chi connectivity index (χ4v) is 4.60. The van der Waals surface area contributed by atoms with E-state index in [1.807, 2.05) is 12.1 Å². The van der Waals surface area contributed by atoms with Crippen molar-refractivity contribution < 1.29 is 32.2 Å². The zero-order chi connectivity index (χ0) is 26.1. The van der Waals surface area contributed by atoms with E-state index in [9.17, 15) is 13.2 Å². The quantitative estimate of drug-likeness (QED) is 0.362. The van der Waals surface area contributed by atoms with Gasteiger partial charge in [0.15, 0.2) is 18.1 Å². The number of halogens is 1. The number of methoxy groups -OCH3 is 3. The fraction of sp³-hybridized carbons (Fsp3) is 0.240. The molecule has 11 heteroatoms. The molecule has 0 fully saturated rings. The number of amides is 1. The first-order valence-corrected chi connectivity index (χ1v) is 12.7. The van der Waals surface area contributed by atoms with Crippen molar-refractivity contribution in [2.24, 2.45) is 0 Å². The summed E-state index contributed by atoms with van der Waals surface area (Å²) >= 11 is 6.21. The molecule has 3 rings (SSSR count). The molecular formula is C25H27ClN2O7S. The van der Waals surface area contributed by atoms with Crippen molar-refractivity contribution in [1.82, 2.24) is 5.32 Å². The van der Waals surface area contributed by atoms with E-state index in [1.165, 1.54) is 25.3 Å². The Hall–Kier alpha value is -3.63. The second kappa shape index (κ2) is 12.4. The van der Waals surface area contributed by atoms with Crippen LogP contribution in [0.15, 0.2) is 65.6 Å². The van der Waals surface area contributed by atoms with Crippen molar-refractivity contribution in [3.8, 4) is 23.0 Å². The van der Waals surface area contributed by atoms with Gasteiger partial charge in [-0.2, -0.15) is 0 Å². The second-order valence-corrected chi connectivity index (χ2v) is 9.59. The van der Waals surface area contributed by atoms with E-state index < -0.39 is 10.0 Å². The standard InChI is InChI=1S/C25H27ClN2O7S/c1-32-19-7-5-18(6-8-19)28-36(30,31)20-9-11-22(21(26)15-20)35-16-25(29)27-13-12-17-4-10-23(33-2)24(14-17)34-3/h4-11,14-15,28H,12-13,16H2,1-3H3,(H,27,29). The van der Waals surface area contributed by atoms with Gasteiger partial charge in [0.25, 0.3) is 15.9 Å². The maximum Gasteiger partial charge on any atom is 0.261 e. The minimum absolute atomic E-state index is 0.0463. The monoisotopic (exact) mass is 534 g/mol. The Morgan fingerprint density at radius 2 is 1.56 bits per heavy atom. The molecule has 3 aromatic carbocycles. The topological polar surface area (TPSA) is 112 Å². The molecule has 0 bridgehead atoms. The average Bonchev–Trinajstić information content (AvgIpc) is 2.88. The van der Waals surface area contributed by atoms with E-state index in [-0.39, 0.29) is 28.2 Å². The van der Waals surface area contributed by atoms with Gasteiger partial charge in [0.2, 0.25) is 0 Å². The van der Waals surface area contributed by atoms with Gasteiger partial charge in [0.1, 0.15) is 11.5 Å². The minimum Gasteiger partial charge on any atom is -0.497 e. The summed E-state index contributed by atoms with van der Waals surface area (Å²) in [5, 5.41) is 2.82. The number of sulfonamides is 1. The molecule has 192 valence electrons. The van der Waals surface area contributed by atoms with Crippen molar-refractivity contribution in [1.29, 1.82) is 0 Å². The van der Waals surface area contributed by atoms with Crippen molar-refractivity contribution in [2.45, 2.75) is 11.3 Å². The first kappa shape index (κ1) is 27.0. The lowest BCUT2D eigenvalue weighted by Gasteiger charge is -2.12. The van der Waals surface area contributed by atoms with Gasteiger partial charge in [-0.05, 0) is 66.6 Å². The highest BCUT2D eigenvalue weighted by atomic mass is 35.5. The summed E-state index contributed by atoms with van der Waals surface area (Å²) in [7, 11) is 0.770. The highest BCUT2D eigenvalue weighted by molar-refractivity contribution is 7.92. The van der Waals surface area contributed by atoms with E-state index in [4.69, 9.17) is 30.5 Å². The van der Waals surface area contributed by atoms with Gasteiger partial charge in [0, 0.05) is 12.2 Å². The van der Waals surface area contributed by atoms with Crippen molar-refractivity contribution >= 4 is 33.2 Å². The first-order valence-electron chi connectivity index (χ1n) is 10.8. The summed E-state index contributed by atoms with van der Waals surface area (Å²) in [5.74, 6) is 1.70. The fourth-order valence-electron chi connectivity index (χ4n) is 3.22. The number of hydrogen-bond donors (Lipinski definition) is 2. The van der Waals surface area contributed by atoms with Gasteiger partial charge in [-0.3, -0.25) is 9.52 Å². The summed E-state index contributed by atoms with van der Waals surface area (Å²) in [6.07, 6.45) is 0.584. The van der Waals surface area contributed by atoms with Gasteiger partial charge in [-0.25, -0.2) is 8.42 Å². The highest BCUT2D eigenvalue weighted by Crippen LogP contribution is 2.29. The molecule has 36 heavy (non-hydrogen) atoms. The normalized spacial score (nSPS) is 10.9. The molecule has 0 aliphatic heterocycles. The molecule has 3 aromatic rings. The average molecular weight is 535 g/mol. The lowest BCUT2D eigenvalue weighted by molar-refractivity contribution is -0.123. The molecule has 0 aliphatic carbocycles. The molecule has 1 amide bonds. The third-order valence-corrected chi connectivity index (χ3v) is 6.77. The number of anilines is 1. The van der Waals surface area contributed by atoms with Crippen LogP contribution >= 0.6 is 11.6 Å². The number of nitrogens with one attached hydrogen (secondary N) is 2. The predicted octanol–water partition coefficient (Wildman–Crippen LogP) is 3.90. The summed E-state index contributed by atoms with van der Waals surface area (Å²) in [6, 6.07) is 16.0. The van der Waals surface area contributed by atoms with Crippen LogP contribution in [0, 0.1) is 0 Å². The van der Waals surface area contributed by atoms with Crippen LogP contribution in [0.3, 0.4) is 0 Å². The second-order valence-electron chi connectivity index (χ2n) is 7.50. The number of benzene rings is 3. The SMILES string of the molecule is COc1ccc(NS(=O)(=O)c2ccc(OCC(=O)NCCc3ccc(OC)c(OC)c3)c(Cl)c2)cc1. The van der Waals surface area contributed by atoms with Crippen LogP contribution in [0.2, 0.25) is 5.02 Å². The van der Waals surface area contributed by atoms with Crippen LogP contribution in [0.5, 0.6) is 23.0 Å². The first-order chi connectivity index (χ1) is 17.2. The van der Waals surface area contributed by atoms with E-state index >= 15 is 0 Å². The molecular weight excluding hydrogens is 508 g/mol. The molecule has 0 radical (unpaired) electrons. The molecule has 0 unspecified atom stereocenters. The lowest BCUT2D eigenvalue weighted by atomic mass is 10.1. The number of hydrogen-bond acceptors (Lipinski definition) is 7. The van der Waals surface area contributed by atoms with Crippen LogP contribution < -0.4 is 29.0 Å². The Kier molecular flexibility index (Phi) is 9.26. The van der Waals surface area contributed by atoms with Crippen LogP contribution in [-0.2, 0) is 21.2 Å². The summed E-state index contributed by atoms with van der Waals surface area (Å²) in [4.78, 5) is 12.1. The molecule has 9 nitrogen and oxygen atoms in total. The third-order valence-electron chi connectivity index (χ3n) is 5.10. The molecule has 0 saturated heterocycles. The number of rotatable bonds is 12. The van der Waals surface area contributed by atoms with Gasteiger partial charge < -0.3 is 24.3 Å². The molecule has 0 atom stereocenters. The van der Waals surface area contributed by atoms with Crippen LogP contribution in [-0.4, -0.2) is 48.8 Å². The van der Waals surface area contributed by atoms with Gasteiger partial charge >= 0.3 is 0 Å². The highest BCUT2D eigenvalue weighted by Gasteiger charge is 2.17. The summed E-state index contributed by atoms with van der Waals surface area (Å²) in [5.41, 5.74) is 1.34. The van der Waals surface area contributed by atoms with E-state index in [0.29, 0.717) is 35.9 Å². The van der Waals surface area contributed by atoms with E-state index in [2.05, 4.69) is 10.0 Å². The maximum absolute atomic E-state index is 12.7. The smallest absolute Gasteiger partial charge is 0.261 e. The number of ether oxygens (including phenoxy) is 4. The Balaban J connectivity index is 1.51. The molecule has 2 N–H and O–H groups in total. The molecule has 0 spiro atoms. The van der Waals surface area contributed by atoms with E-state index in [1.54, 1.807) is 44.6 Å².